The number of aromatic nitrogens is 2. The summed E-state index contributed by atoms with van der Waals surface area (Å²) in [4.78, 5) is 23.3. The molecule has 0 unspecified atom stereocenters. The molecule has 0 aliphatic rings. The standard InChI is InChI=1S/C21H21ClN4O/c1-3-26(20(27)17-9-11-18(22)12-10-17)19-13-14-23-21(25-19)24-15(2)16-7-5-4-6-8-16/h4-15H,3H2,1-2H3,(H,23,24,25)/t15-/m0/s1. The first-order valence-corrected chi connectivity index (χ1v) is 9.18. The Balaban J connectivity index is 1.80. The highest BCUT2D eigenvalue weighted by Crippen LogP contribution is 2.20. The molecule has 1 heterocycles. The average Bonchev–Trinajstić information content (AvgIpc) is 2.70. The maximum Gasteiger partial charge on any atom is 0.259 e. The first-order valence-electron chi connectivity index (χ1n) is 8.80. The van der Waals surface area contributed by atoms with Crippen molar-refractivity contribution in [2.45, 2.75) is 19.9 Å². The molecule has 1 amide bonds. The minimum absolute atomic E-state index is 0.0449. The minimum atomic E-state index is -0.130. The molecule has 0 spiro atoms. The summed E-state index contributed by atoms with van der Waals surface area (Å²) >= 11 is 5.91. The molecule has 27 heavy (non-hydrogen) atoms. The van der Waals surface area contributed by atoms with Gasteiger partial charge >= 0.3 is 0 Å². The molecule has 6 heteroatoms. The SMILES string of the molecule is CCN(C(=O)c1ccc(Cl)cc1)c1ccnc(N[C@@H](C)c2ccccc2)n1. The van der Waals surface area contributed by atoms with Crippen molar-refractivity contribution in [2.24, 2.45) is 0 Å². The Morgan fingerprint density at radius 2 is 1.81 bits per heavy atom. The number of nitrogens with zero attached hydrogens (tertiary/aromatic N) is 3. The van der Waals surface area contributed by atoms with Crippen molar-refractivity contribution in [3.63, 3.8) is 0 Å². The molecule has 0 radical (unpaired) electrons. The Morgan fingerprint density at radius 3 is 2.48 bits per heavy atom. The summed E-state index contributed by atoms with van der Waals surface area (Å²) in [6.45, 7) is 4.45. The van der Waals surface area contributed by atoms with Gasteiger partial charge in [0.25, 0.3) is 5.91 Å². The van der Waals surface area contributed by atoms with Crippen LogP contribution in [0.3, 0.4) is 0 Å². The number of halogens is 1. The number of hydrogen-bond acceptors (Lipinski definition) is 4. The number of carbonyl (C=O) groups excluding carboxylic acids is 1. The highest BCUT2D eigenvalue weighted by molar-refractivity contribution is 6.30. The lowest BCUT2D eigenvalue weighted by atomic mass is 10.1. The predicted molar refractivity (Wildman–Crippen MR) is 109 cm³/mol. The van der Waals surface area contributed by atoms with Crippen LogP contribution in [0.2, 0.25) is 5.02 Å². The van der Waals surface area contributed by atoms with E-state index in [0.29, 0.717) is 28.9 Å². The van der Waals surface area contributed by atoms with E-state index < -0.39 is 0 Å². The maximum atomic E-state index is 12.8. The summed E-state index contributed by atoms with van der Waals surface area (Å²) in [5.41, 5.74) is 1.70. The quantitative estimate of drug-likeness (QED) is 0.655. The monoisotopic (exact) mass is 380 g/mol. The molecule has 5 nitrogen and oxygen atoms in total. The fraction of sp³-hybridized carbons (Fsp3) is 0.190. The molecule has 0 saturated heterocycles. The molecule has 1 aromatic heterocycles. The van der Waals surface area contributed by atoms with Crippen LogP contribution >= 0.6 is 11.6 Å². The smallest absolute Gasteiger partial charge is 0.259 e. The average molecular weight is 381 g/mol. The summed E-state index contributed by atoms with van der Waals surface area (Å²) in [6, 6.07) is 18.7. The van der Waals surface area contributed by atoms with E-state index in [1.165, 1.54) is 0 Å². The van der Waals surface area contributed by atoms with Gasteiger partial charge in [-0.3, -0.25) is 9.69 Å². The summed E-state index contributed by atoms with van der Waals surface area (Å²) in [7, 11) is 0. The van der Waals surface area contributed by atoms with E-state index in [-0.39, 0.29) is 11.9 Å². The molecule has 0 saturated carbocycles. The lowest BCUT2D eigenvalue weighted by molar-refractivity contribution is 0.0987. The molecule has 0 bridgehead atoms. The molecule has 0 aliphatic carbocycles. The Morgan fingerprint density at radius 1 is 1.11 bits per heavy atom. The van der Waals surface area contributed by atoms with Gasteiger partial charge < -0.3 is 5.32 Å². The van der Waals surface area contributed by atoms with Crippen LogP contribution in [0.25, 0.3) is 0 Å². The van der Waals surface area contributed by atoms with Crippen LogP contribution in [-0.2, 0) is 0 Å². The van der Waals surface area contributed by atoms with Gasteiger partial charge in [-0.2, -0.15) is 4.98 Å². The van der Waals surface area contributed by atoms with Gasteiger partial charge in [0.2, 0.25) is 5.95 Å². The summed E-state index contributed by atoms with van der Waals surface area (Å²) in [5.74, 6) is 0.899. The number of amides is 1. The van der Waals surface area contributed by atoms with Crippen LogP contribution in [-0.4, -0.2) is 22.4 Å². The van der Waals surface area contributed by atoms with Crippen LogP contribution in [0.5, 0.6) is 0 Å². The molecular formula is C21H21ClN4O. The lowest BCUT2D eigenvalue weighted by Crippen LogP contribution is -2.31. The molecule has 138 valence electrons. The highest BCUT2D eigenvalue weighted by Gasteiger charge is 2.18. The number of nitrogens with one attached hydrogen (secondary N) is 1. The normalized spacial score (nSPS) is 11.7. The van der Waals surface area contributed by atoms with E-state index in [4.69, 9.17) is 11.6 Å². The van der Waals surface area contributed by atoms with Crippen LogP contribution in [0.4, 0.5) is 11.8 Å². The number of carbonyl (C=O) groups is 1. The molecule has 3 rings (SSSR count). The third kappa shape index (κ3) is 4.63. The highest BCUT2D eigenvalue weighted by atomic mass is 35.5. The van der Waals surface area contributed by atoms with E-state index in [1.807, 2.05) is 44.2 Å². The second-order valence-electron chi connectivity index (χ2n) is 6.07. The Labute approximate surface area is 164 Å². The topological polar surface area (TPSA) is 58.1 Å². The summed E-state index contributed by atoms with van der Waals surface area (Å²) in [5, 5.41) is 3.88. The molecule has 0 aliphatic heterocycles. The summed E-state index contributed by atoms with van der Waals surface area (Å²) in [6.07, 6.45) is 1.65. The van der Waals surface area contributed by atoms with Gasteiger partial charge in [0.05, 0.1) is 6.04 Å². The van der Waals surface area contributed by atoms with Crippen LogP contribution in [0.15, 0.2) is 66.9 Å². The summed E-state index contributed by atoms with van der Waals surface area (Å²) < 4.78 is 0. The first kappa shape index (κ1) is 18.9. The molecule has 3 aromatic rings. The van der Waals surface area contributed by atoms with Gasteiger partial charge in [0.1, 0.15) is 5.82 Å². The number of benzene rings is 2. The minimum Gasteiger partial charge on any atom is -0.348 e. The van der Waals surface area contributed by atoms with Gasteiger partial charge in [-0.05, 0) is 49.7 Å². The largest absolute Gasteiger partial charge is 0.348 e. The predicted octanol–water partition coefficient (Wildman–Crippen LogP) is 4.97. The van der Waals surface area contributed by atoms with E-state index in [0.717, 1.165) is 5.56 Å². The Bertz CT molecular complexity index is 900. The molecule has 0 fully saturated rings. The van der Waals surface area contributed by atoms with Crippen molar-refractivity contribution >= 4 is 29.3 Å². The number of rotatable bonds is 6. The second kappa shape index (κ2) is 8.64. The number of hydrogen-bond donors (Lipinski definition) is 1. The van der Waals surface area contributed by atoms with E-state index in [1.54, 1.807) is 41.4 Å². The molecule has 1 N–H and O–H groups in total. The fourth-order valence-electron chi connectivity index (χ4n) is 2.75. The third-order valence-electron chi connectivity index (χ3n) is 4.22. The zero-order chi connectivity index (χ0) is 19.2. The van der Waals surface area contributed by atoms with Crippen molar-refractivity contribution in [3.8, 4) is 0 Å². The maximum absolute atomic E-state index is 12.8. The van der Waals surface area contributed by atoms with Gasteiger partial charge in [0, 0.05) is 23.3 Å². The van der Waals surface area contributed by atoms with Crippen LogP contribution in [0, 0.1) is 0 Å². The van der Waals surface area contributed by atoms with E-state index in [9.17, 15) is 4.79 Å². The Hall–Kier alpha value is -2.92. The molecule has 1 atom stereocenters. The first-order chi connectivity index (χ1) is 13.1. The van der Waals surface area contributed by atoms with Gasteiger partial charge in [0.15, 0.2) is 0 Å². The van der Waals surface area contributed by atoms with Crippen molar-refractivity contribution < 1.29 is 4.79 Å². The van der Waals surface area contributed by atoms with E-state index in [2.05, 4.69) is 15.3 Å². The second-order valence-corrected chi connectivity index (χ2v) is 6.51. The zero-order valence-corrected chi connectivity index (χ0v) is 16.0. The molecule has 2 aromatic carbocycles. The van der Waals surface area contributed by atoms with Crippen molar-refractivity contribution in [1.82, 2.24) is 9.97 Å². The van der Waals surface area contributed by atoms with Gasteiger partial charge in [-0.15, -0.1) is 0 Å². The number of anilines is 2. The third-order valence-corrected chi connectivity index (χ3v) is 4.47. The Kier molecular flexibility index (Phi) is 6.04. The van der Waals surface area contributed by atoms with Crippen LogP contribution in [0.1, 0.15) is 35.8 Å². The van der Waals surface area contributed by atoms with E-state index >= 15 is 0 Å². The van der Waals surface area contributed by atoms with Crippen LogP contribution < -0.4 is 10.2 Å². The molecular weight excluding hydrogens is 360 g/mol. The lowest BCUT2D eigenvalue weighted by Gasteiger charge is -2.21. The van der Waals surface area contributed by atoms with Gasteiger partial charge in [-0.25, -0.2) is 4.98 Å². The van der Waals surface area contributed by atoms with Crippen molar-refractivity contribution in [1.29, 1.82) is 0 Å². The van der Waals surface area contributed by atoms with Gasteiger partial charge in [-0.1, -0.05) is 41.9 Å². The zero-order valence-electron chi connectivity index (χ0n) is 15.3. The van der Waals surface area contributed by atoms with Crippen molar-refractivity contribution in [3.05, 3.63) is 83.0 Å². The van der Waals surface area contributed by atoms with Crippen molar-refractivity contribution in [2.75, 3.05) is 16.8 Å². The fourth-order valence-corrected chi connectivity index (χ4v) is 2.87.